The number of hydrogen-bond acceptors (Lipinski definition) is 3. The van der Waals surface area contributed by atoms with Gasteiger partial charge in [0.05, 0.1) is 19.3 Å². The first-order chi connectivity index (χ1) is 12.1. The van der Waals surface area contributed by atoms with E-state index >= 15 is 0 Å². The summed E-state index contributed by atoms with van der Waals surface area (Å²) in [5.41, 5.74) is 0. The van der Waals surface area contributed by atoms with Gasteiger partial charge in [0.2, 0.25) is 0 Å². The van der Waals surface area contributed by atoms with Gasteiger partial charge in [0.1, 0.15) is 0 Å². The quantitative estimate of drug-likeness (QED) is 0.333. The number of nitro groups is 1. The number of rotatable bonds is 7. The molecule has 0 aromatic heterocycles. The third-order valence-corrected chi connectivity index (χ3v) is 3.02. The van der Waals surface area contributed by atoms with Crippen LogP contribution in [0, 0.1) is 57.5 Å². The summed E-state index contributed by atoms with van der Waals surface area (Å²) in [7, 11) is 0. The predicted molar refractivity (Wildman–Crippen MR) is 96.7 cm³/mol. The minimum atomic E-state index is -1.59. The second-order valence-electron chi connectivity index (χ2n) is 5.08. The van der Waals surface area contributed by atoms with Crippen LogP contribution in [0.1, 0.15) is 64.7 Å². The zero-order valence-electron chi connectivity index (χ0n) is 14.6. The van der Waals surface area contributed by atoms with Gasteiger partial charge in [-0.05, 0) is 6.42 Å². The summed E-state index contributed by atoms with van der Waals surface area (Å²) in [6.45, 7) is 2.16. The van der Waals surface area contributed by atoms with Crippen LogP contribution in [0.4, 0.5) is 0 Å². The smallest absolute Gasteiger partial charge is 0.379 e. The van der Waals surface area contributed by atoms with Gasteiger partial charge in [0.25, 0.3) is 0 Å². The molecule has 0 aromatic rings. The highest BCUT2D eigenvalue weighted by molar-refractivity contribution is 5.71. The zero-order valence-corrected chi connectivity index (χ0v) is 14.6. The van der Waals surface area contributed by atoms with Crippen molar-refractivity contribution in [3.8, 4) is 47.4 Å². The Kier molecular flexibility index (Phi) is 14.1. The Bertz CT molecular complexity index is 651. The van der Waals surface area contributed by atoms with Gasteiger partial charge in [-0.2, -0.15) is 0 Å². The van der Waals surface area contributed by atoms with Crippen molar-refractivity contribution in [3.05, 3.63) is 10.1 Å². The van der Waals surface area contributed by atoms with Crippen LogP contribution in [-0.4, -0.2) is 22.0 Å². The van der Waals surface area contributed by atoms with Gasteiger partial charge in [-0.3, -0.25) is 10.1 Å². The molecule has 0 aliphatic rings. The Labute approximate surface area is 149 Å². The molecule has 0 heterocycles. The van der Waals surface area contributed by atoms with Gasteiger partial charge in [0, 0.05) is 24.2 Å². The average Bonchev–Trinajstić information content (AvgIpc) is 2.57. The molecular weight excluding hydrogens is 318 g/mol. The number of unbranched alkanes of at least 4 members (excludes halogenated alkanes) is 3. The molecule has 25 heavy (non-hydrogen) atoms. The molecule has 0 saturated carbocycles. The van der Waals surface area contributed by atoms with Crippen LogP contribution in [0.5, 0.6) is 0 Å². The van der Waals surface area contributed by atoms with Crippen molar-refractivity contribution < 1.29 is 14.8 Å². The van der Waals surface area contributed by atoms with Crippen LogP contribution in [0.3, 0.4) is 0 Å². The lowest BCUT2D eigenvalue weighted by Crippen LogP contribution is -2.28. The molecule has 0 fully saturated rings. The average molecular weight is 341 g/mol. The molecule has 1 atom stereocenters. The highest BCUT2D eigenvalue weighted by Gasteiger charge is 2.27. The number of aliphatic carboxylic acids is 1. The summed E-state index contributed by atoms with van der Waals surface area (Å²) in [4.78, 5) is 20.3. The Morgan fingerprint density at radius 1 is 0.920 bits per heavy atom. The monoisotopic (exact) mass is 341 g/mol. The molecule has 0 radical (unpaired) electrons. The molecule has 0 saturated heterocycles. The number of carbonyl (C=O) groups is 1. The maximum Gasteiger partial charge on any atom is 0.379 e. The minimum Gasteiger partial charge on any atom is -0.476 e. The molecule has 5 heteroatoms. The summed E-state index contributed by atoms with van der Waals surface area (Å²) < 4.78 is 0. The summed E-state index contributed by atoms with van der Waals surface area (Å²) in [6, 6.07) is -1.59. The largest absolute Gasteiger partial charge is 0.476 e. The van der Waals surface area contributed by atoms with Crippen molar-refractivity contribution in [2.75, 3.05) is 0 Å². The standard InChI is InChI=1S/C20H23NO4/c1-2-3-4-5-6-7-8-9-10-11-12-13-14-15-16-17-18-19(20(22)23)21(24)25/h19H,2-5,8,11,14,17-18H2,1H3,(H,22,23). The van der Waals surface area contributed by atoms with Gasteiger partial charge >= 0.3 is 12.0 Å². The number of carboxylic acids is 1. The van der Waals surface area contributed by atoms with Crippen molar-refractivity contribution in [2.45, 2.75) is 70.8 Å². The molecule has 1 unspecified atom stereocenters. The van der Waals surface area contributed by atoms with Crippen molar-refractivity contribution in [1.82, 2.24) is 0 Å². The molecule has 0 bridgehead atoms. The van der Waals surface area contributed by atoms with Crippen LogP contribution in [0.15, 0.2) is 0 Å². The van der Waals surface area contributed by atoms with E-state index in [0.29, 0.717) is 19.3 Å². The van der Waals surface area contributed by atoms with Crippen molar-refractivity contribution in [1.29, 1.82) is 0 Å². The normalized spacial score (nSPS) is 9.64. The Hall–Kier alpha value is -2.89. The van der Waals surface area contributed by atoms with E-state index in [1.54, 1.807) is 0 Å². The van der Waals surface area contributed by atoms with E-state index in [1.165, 1.54) is 12.8 Å². The fraction of sp³-hybridized carbons (Fsp3) is 0.550. The van der Waals surface area contributed by atoms with E-state index in [-0.39, 0.29) is 12.8 Å². The lowest BCUT2D eigenvalue weighted by atomic mass is 10.1. The summed E-state index contributed by atoms with van der Waals surface area (Å²) in [5, 5.41) is 19.1. The minimum absolute atomic E-state index is 0.103. The van der Waals surface area contributed by atoms with E-state index in [2.05, 4.69) is 54.3 Å². The molecular formula is C20H23NO4. The summed E-state index contributed by atoms with van der Waals surface area (Å²) >= 11 is 0. The van der Waals surface area contributed by atoms with Gasteiger partial charge in [-0.15, -0.1) is 11.8 Å². The van der Waals surface area contributed by atoms with E-state index in [0.717, 1.165) is 12.8 Å². The predicted octanol–water partition coefficient (Wildman–Crippen LogP) is 3.26. The Morgan fingerprint density at radius 2 is 1.40 bits per heavy atom. The highest BCUT2D eigenvalue weighted by Crippen LogP contribution is 2.00. The second kappa shape index (κ2) is 16.0. The third-order valence-electron chi connectivity index (χ3n) is 3.02. The lowest BCUT2D eigenvalue weighted by molar-refractivity contribution is -0.510. The first-order valence-corrected chi connectivity index (χ1v) is 8.28. The number of carboxylic acid groups (broad SMARTS) is 1. The van der Waals surface area contributed by atoms with Gasteiger partial charge in [-0.1, -0.05) is 55.3 Å². The molecule has 5 nitrogen and oxygen atoms in total. The molecule has 0 rings (SSSR count). The van der Waals surface area contributed by atoms with Crippen molar-refractivity contribution in [3.63, 3.8) is 0 Å². The number of hydrogen-bond donors (Lipinski definition) is 1. The van der Waals surface area contributed by atoms with Crippen LogP contribution in [0.2, 0.25) is 0 Å². The van der Waals surface area contributed by atoms with Gasteiger partial charge in [0.15, 0.2) is 0 Å². The fourth-order valence-electron chi connectivity index (χ4n) is 1.68. The first kappa shape index (κ1) is 22.1. The molecule has 132 valence electrons. The fourth-order valence-corrected chi connectivity index (χ4v) is 1.68. The van der Waals surface area contributed by atoms with Crippen LogP contribution in [-0.2, 0) is 4.79 Å². The first-order valence-electron chi connectivity index (χ1n) is 8.28. The third kappa shape index (κ3) is 14.4. The summed E-state index contributed by atoms with van der Waals surface area (Å²) in [6.07, 6.45) is 5.92. The maximum atomic E-state index is 10.6. The van der Waals surface area contributed by atoms with Gasteiger partial charge < -0.3 is 5.11 Å². The lowest BCUT2D eigenvalue weighted by Gasteiger charge is -2.00. The Balaban J connectivity index is 3.85. The second-order valence-corrected chi connectivity index (χ2v) is 5.08. The topological polar surface area (TPSA) is 80.4 Å². The van der Waals surface area contributed by atoms with E-state index in [4.69, 9.17) is 5.11 Å². The van der Waals surface area contributed by atoms with E-state index in [9.17, 15) is 14.9 Å². The Morgan fingerprint density at radius 3 is 1.84 bits per heavy atom. The van der Waals surface area contributed by atoms with Crippen LogP contribution >= 0.6 is 0 Å². The molecule has 0 aliphatic carbocycles. The van der Waals surface area contributed by atoms with Crippen molar-refractivity contribution in [2.24, 2.45) is 0 Å². The number of nitrogens with zero attached hydrogens (tertiary/aromatic N) is 1. The van der Waals surface area contributed by atoms with E-state index < -0.39 is 16.9 Å². The van der Waals surface area contributed by atoms with Crippen LogP contribution in [0.25, 0.3) is 0 Å². The molecule has 0 spiro atoms. The van der Waals surface area contributed by atoms with Gasteiger partial charge in [-0.25, -0.2) is 4.79 Å². The molecule has 0 aliphatic heterocycles. The SMILES string of the molecule is CCCCCC#CCC#CCC#CCC#CCCC(C(=O)O)[N+](=O)[O-]. The molecule has 0 aromatic carbocycles. The van der Waals surface area contributed by atoms with Crippen LogP contribution < -0.4 is 0 Å². The molecule has 0 amide bonds. The zero-order chi connectivity index (χ0) is 18.8. The highest BCUT2D eigenvalue weighted by atomic mass is 16.6. The maximum absolute atomic E-state index is 10.6. The van der Waals surface area contributed by atoms with Crippen molar-refractivity contribution >= 4 is 5.97 Å². The summed E-state index contributed by atoms with van der Waals surface area (Å²) in [5.74, 6) is 21.6. The van der Waals surface area contributed by atoms with E-state index in [1.807, 2.05) is 0 Å². The molecule has 1 N–H and O–H groups in total.